The molecule has 4 aromatic rings. The van der Waals surface area contributed by atoms with Gasteiger partial charge in [0, 0.05) is 25.0 Å². The van der Waals surface area contributed by atoms with Gasteiger partial charge >= 0.3 is 6.18 Å². The van der Waals surface area contributed by atoms with Crippen molar-refractivity contribution in [2.75, 3.05) is 25.2 Å². The summed E-state index contributed by atoms with van der Waals surface area (Å²) in [6, 6.07) is 18.2. The van der Waals surface area contributed by atoms with Crippen LogP contribution in [-0.4, -0.2) is 35.7 Å². The van der Waals surface area contributed by atoms with Crippen molar-refractivity contribution in [2.24, 2.45) is 0 Å². The number of amides is 1. The topological polar surface area (TPSA) is 63.7 Å². The molecule has 5 rings (SSSR count). The minimum absolute atomic E-state index is 0.104. The summed E-state index contributed by atoms with van der Waals surface area (Å²) in [6.45, 7) is 5.59. The Kier molecular flexibility index (Phi) is 7.32. The number of alkyl halides is 3. The van der Waals surface area contributed by atoms with Crippen molar-refractivity contribution < 1.29 is 27.4 Å². The molecular weight excluding hydrogens is 507 g/mol. The molecule has 39 heavy (non-hydrogen) atoms. The summed E-state index contributed by atoms with van der Waals surface area (Å²) in [6.07, 6.45) is -3.56. The van der Waals surface area contributed by atoms with Gasteiger partial charge in [-0.15, -0.1) is 0 Å². The van der Waals surface area contributed by atoms with Gasteiger partial charge in [-0.05, 0) is 72.5 Å². The molecule has 1 aliphatic rings. The Labute approximate surface area is 224 Å². The quantitative estimate of drug-likeness (QED) is 0.260. The SMILES string of the molecule is CCCN(CC)C(=O)c1cc(NCc2ccc(C(F)(F)F)cc2)nc2ccc(-c3ccc4c(c3)OCO4)cc12. The maximum atomic E-state index is 13.7. The molecule has 3 aromatic carbocycles. The highest BCUT2D eigenvalue weighted by Gasteiger charge is 2.30. The Morgan fingerprint density at radius 2 is 1.67 bits per heavy atom. The molecular formula is C30H28F3N3O3. The van der Waals surface area contributed by atoms with Gasteiger partial charge in [-0.2, -0.15) is 13.2 Å². The van der Waals surface area contributed by atoms with Gasteiger partial charge in [-0.25, -0.2) is 4.98 Å². The molecule has 0 aliphatic carbocycles. The van der Waals surface area contributed by atoms with Crippen LogP contribution in [0, 0.1) is 0 Å². The molecule has 202 valence electrons. The van der Waals surface area contributed by atoms with Crippen molar-refractivity contribution in [1.29, 1.82) is 0 Å². The molecule has 9 heteroatoms. The Balaban J connectivity index is 1.50. The van der Waals surface area contributed by atoms with E-state index in [2.05, 4.69) is 5.32 Å². The lowest BCUT2D eigenvalue weighted by Crippen LogP contribution is -2.31. The third-order valence-corrected chi connectivity index (χ3v) is 6.66. The largest absolute Gasteiger partial charge is 0.454 e. The first-order chi connectivity index (χ1) is 18.8. The molecule has 1 N–H and O–H groups in total. The Hall–Kier alpha value is -4.27. The summed E-state index contributed by atoms with van der Waals surface area (Å²) in [5.74, 6) is 1.73. The summed E-state index contributed by atoms with van der Waals surface area (Å²) < 4.78 is 49.7. The van der Waals surface area contributed by atoms with Crippen LogP contribution in [0.25, 0.3) is 22.0 Å². The maximum absolute atomic E-state index is 13.7. The average molecular weight is 536 g/mol. The van der Waals surface area contributed by atoms with Gasteiger partial charge < -0.3 is 19.7 Å². The van der Waals surface area contributed by atoms with Gasteiger partial charge in [0.15, 0.2) is 11.5 Å². The van der Waals surface area contributed by atoms with Crippen LogP contribution in [0.1, 0.15) is 41.8 Å². The number of carbonyl (C=O) groups is 1. The van der Waals surface area contributed by atoms with Gasteiger partial charge in [0.05, 0.1) is 16.6 Å². The predicted molar refractivity (Wildman–Crippen MR) is 144 cm³/mol. The summed E-state index contributed by atoms with van der Waals surface area (Å²) in [4.78, 5) is 20.2. The molecule has 0 saturated carbocycles. The summed E-state index contributed by atoms with van der Waals surface area (Å²) in [5, 5.41) is 3.89. The lowest BCUT2D eigenvalue weighted by molar-refractivity contribution is -0.137. The number of hydrogen-bond donors (Lipinski definition) is 1. The molecule has 0 unspecified atom stereocenters. The van der Waals surface area contributed by atoms with Crippen molar-refractivity contribution >= 4 is 22.6 Å². The van der Waals surface area contributed by atoms with Crippen molar-refractivity contribution in [2.45, 2.75) is 33.0 Å². The molecule has 0 bridgehead atoms. The zero-order chi connectivity index (χ0) is 27.6. The molecule has 1 amide bonds. The number of benzene rings is 3. The van der Waals surface area contributed by atoms with Gasteiger partial charge in [0.2, 0.25) is 6.79 Å². The molecule has 1 aliphatic heterocycles. The second-order valence-corrected chi connectivity index (χ2v) is 9.29. The number of nitrogens with one attached hydrogen (secondary N) is 1. The zero-order valence-corrected chi connectivity index (χ0v) is 21.6. The van der Waals surface area contributed by atoms with E-state index in [1.807, 2.05) is 50.2 Å². The number of rotatable bonds is 8. The Morgan fingerprint density at radius 3 is 2.38 bits per heavy atom. The maximum Gasteiger partial charge on any atom is 0.416 e. The van der Waals surface area contributed by atoms with E-state index in [0.717, 1.165) is 29.7 Å². The molecule has 6 nitrogen and oxygen atoms in total. The Morgan fingerprint density at radius 1 is 0.949 bits per heavy atom. The van der Waals surface area contributed by atoms with E-state index in [4.69, 9.17) is 14.5 Å². The minimum Gasteiger partial charge on any atom is -0.454 e. The highest BCUT2D eigenvalue weighted by molar-refractivity contribution is 6.08. The fourth-order valence-corrected chi connectivity index (χ4v) is 4.60. The fourth-order valence-electron chi connectivity index (χ4n) is 4.60. The fraction of sp³-hybridized carbons (Fsp3) is 0.267. The number of carbonyl (C=O) groups excluding carboxylic acids is 1. The van der Waals surface area contributed by atoms with E-state index in [-0.39, 0.29) is 19.2 Å². The minimum atomic E-state index is -4.38. The number of hydrogen-bond acceptors (Lipinski definition) is 5. The third-order valence-electron chi connectivity index (χ3n) is 6.66. The van der Waals surface area contributed by atoms with Crippen LogP contribution in [0.3, 0.4) is 0 Å². The van der Waals surface area contributed by atoms with Gasteiger partial charge in [0.25, 0.3) is 5.91 Å². The Bertz CT molecular complexity index is 1500. The van der Waals surface area contributed by atoms with E-state index in [1.54, 1.807) is 11.0 Å². The monoisotopic (exact) mass is 535 g/mol. The number of halogens is 3. The zero-order valence-electron chi connectivity index (χ0n) is 21.6. The van der Waals surface area contributed by atoms with Crippen molar-refractivity contribution in [3.8, 4) is 22.6 Å². The number of fused-ring (bicyclic) bond motifs is 2. The van der Waals surface area contributed by atoms with Crippen LogP contribution in [0.2, 0.25) is 0 Å². The second kappa shape index (κ2) is 10.8. The van der Waals surface area contributed by atoms with E-state index in [0.29, 0.717) is 52.4 Å². The van der Waals surface area contributed by atoms with Crippen LogP contribution in [0.15, 0.2) is 66.7 Å². The normalized spacial score (nSPS) is 12.5. The summed E-state index contributed by atoms with van der Waals surface area (Å²) in [7, 11) is 0. The first-order valence-corrected chi connectivity index (χ1v) is 12.8. The van der Waals surface area contributed by atoms with Gasteiger partial charge in [-0.3, -0.25) is 4.79 Å². The van der Waals surface area contributed by atoms with Crippen molar-refractivity contribution in [3.63, 3.8) is 0 Å². The third kappa shape index (κ3) is 5.62. The van der Waals surface area contributed by atoms with E-state index >= 15 is 0 Å². The smallest absolute Gasteiger partial charge is 0.416 e. The van der Waals surface area contributed by atoms with Gasteiger partial charge in [-0.1, -0.05) is 31.2 Å². The summed E-state index contributed by atoms with van der Waals surface area (Å²) in [5.41, 5.74) is 2.93. The molecule has 2 heterocycles. The molecule has 0 radical (unpaired) electrons. The predicted octanol–water partition coefficient (Wildman–Crippen LogP) is 7.13. The molecule has 0 atom stereocenters. The molecule has 0 spiro atoms. The number of nitrogens with zero attached hydrogens (tertiary/aromatic N) is 2. The van der Waals surface area contributed by atoms with Crippen LogP contribution in [0.4, 0.5) is 19.0 Å². The summed E-state index contributed by atoms with van der Waals surface area (Å²) >= 11 is 0. The number of aromatic nitrogens is 1. The average Bonchev–Trinajstić information content (AvgIpc) is 3.41. The number of pyridine rings is 1. The molecule has 1 aromatic heterocycles. The van der Waals surface area contributed by atoms with Crippen LogP contribution in [0.5, 0.6) is 11.5 Å². The van der Waals surface area contributed by atoms with E-state index < -0.39 is 11.7 Å². The first kappa shape index (κ1) is 26.3. The van der Waals surface area contributed by atoms with E-state index in [9.17, 15) is 18.0 Å². The van der Waals surface area contributed by atoms with E-state index in [1.165, 1.54) is 12.1 Å². The molecule has 0 saturated heterocycles. The van der Waals surface area contributed by atoms with Crippen LogP contribution >= 0.6 is 0 Å². The lowest BCUT2D eigenvalue weighted by Gasteiger charge is -2.22. The standard InChI is InChI=1S/C30H28F3N3O3/c1-3-13-36(4-2)29(37)24-16-28(34-17-19-5-9-22(10-6-19)30(31,32)33)35-25-11-7-20(14-23(24)25)21-8-12-26-27(15-21)39-18-38-26/h5-12,14-16H,3-4,13,17-18H2,1-2H3,(H,34,35). The number of ether oxygens (including phenoxy) is 2. The highest BCUT2D eigenvalue weighted by atomic mass is 19.4. The van der Waals surface area contributed by atoms with Gasteiger partial charge in [0.1, 0.15) is 5.82 Å². The first-order valence-electron chi connectivity index (χ1n) is 12.8. The lowest BCUT2D eigenvalue weighted by atomic mass is 9.99. The highest BCUT2D eigenvalue weighted by Crippen LogP contribution is 2.37. The van der Waals surface area contributed by atoms with Crippen LogP contribution < -0.4 is 14.8 Å². The second-order valence-electron chi connectivity index (χ2n) is 9.29. The van der Waals surface area contributed by atoms with Crippen LogP contribution in [-0.2, 0) is 12.7 Å². The molecule has 0 fully saturated rings. The van der Waals surface area contributed by atoms with Crippen molar-refractivity contribution in [3.05, 3.63) is 83.4 Å². The number of anilines is 1. The van der Waals surface area contributed by atoms with Crippen molar-refractivity contribution in [1.82, 2.24) is 9.88 Å².